The summed E-state index contributed by atoms with van der Waals surface area (Å²) in [6.45, 7) is 7.63. The van der Waals surface area contributed by atoms with Crippen LogP contribution in [0, 0.1) is 23.7 Å². The fourth-order valence-electron chi connectivity index (χ4n) is 5.03. The van der Waals surface area contributed by atoms with Gasteiger partial charge in [-0.25, -0.2) is 4.79 Å². The molecule has 0 spiro atoms. The largest absolute Gasteiger partial charge is 0.456 e. The van der Waals surface area contributed by atoms with Crippen LogP contribution in [0.2, 0.25) is 0 Å². The number of fused-ring (bicyclic) bond motifs is 5. The predicted molar refractivity (Wildman–Crippen MR) is 75.6 cm³/mol. The van der Waals surface area contributed by atoms with Gasteiger partial charge in [0.25, 0.3) is 0 Å². The number of carbonyl (C=O) groups excluding carboxylic acids is 1. The van der Waals surface area contributed by atoms with Gasteiger partial charge in [-0.2, -0.15) is 0 Å². The standard InChI is InChI=1S/C17H26O2/c1-4-17(19-16(18)11(2)3)8-7-14-12-5-6-13(9-12)15(14)10-17/h12-15H,2,4-10H2,1,3H3. The Kier molecular flexibility index (Phi) is 3.23. The Morgan fingerprint density at radius 2 is 1.95 bits per heavy atom. The van der Waals surface area contributed by atoms with Gasteiger partial charge in [-0.1, -0.05) is 13.5 Å². The van der Waals surface area contributed by atoms with Gasteiger partial charge in [0.05, 0.1) is 0 Å². The smallest absolute Gasteiger partial charge is 0.333 e. The Bertz CT molecular complexity index is 400. The molecule has 3 aliphatic carbocycles. The van der Waals surface area contributed by atoms with Crippen LogP contribution in [0.5, 0.6) is 0 Å². The van der Waals surface area contributed by atoms with Crippen molar-refractivity contribution >= 4 is 5.97 Å². The second kappa shape index (κ2) is 4.64. The summed E-state index contributed by atoms with van der Waals surface area (Å²) in [5, 5.41) is 0. The Balaban J connectivity index is 1.73. The highest BCUT2D eigenvalue weighted by molar-refractivity contribution is 5.87. The molecule has 0 aliphatic heterocycles. The van der Waals surface area contributed by atoms with Crippen molar-refractivity contribution in [2.45, 2.75) is 64.4 Å². The summed E-state index contributed by atoms with van der Waals surface area (Å²) in [6.07, 6.45) is 8.71. The quantitative estimate of drug-likeness (QED) is 0.565. The maximum atomic E-state index is 11.9. The molecule has 106 valence electrons. The van der Waals surface area contributed by atoms with Crippen molar-refractivity contribution < 1.29 is 9.53 Å². The average Bonchev–Trinajstić information content (AvgIpc) is 2.99. The fourth-order valence-corrected chi connectivity index (χ4v) is 5.03. The van der Waals surface area contributed by atoms with E-state index < -0.39 is 0 Å². The van der Waals surface area contributed by atoms with Crippen LogP contribution < -0.4 is 0 Å². The molecule has 5 atom stereocenters. The molecule has 2 heteroatoms. The van der Waals surface area contributed by atoms with E-state index in [-0.39, 0.29) is 11.6 Å². The molecular formula is C17H26O2. The summed E-state index contributed by atoms with van der Waals surface area (Å²) < 4.78 is 5.87. The van der Waals surface area contributed by atoms with E-state index in [1.165, 1.54) is 25.7 Å². The third-order valence-corrected chi connectivity index (χ3v) is 6.12. The van der Waals surface area contributed by atoms with Crippen molar-refractivity contribution in [1.82, 2.24) is 0 Å². The minimum atomic E-state index is -0.193. The summed E-state index contributed by atoms with van der Waals surface area (Å²) in [5.41, 5.74) is 0.338. The van der Waals surface area contributed by atoms with Crippen molar-refractivity contribution in [3.05, 3.63) is 12.2 Å². The molecule has 2 nitrogen and oxygen atoms in total. The molecule has 0 saturated heterocycles. The van der Waals surface area contributed by atoms with E-state index in [1.807, 2.05) is 0 Å². The van der Waals surface area contributed by atoms with Gasteiger partial charge in [0, 0.05) is 5.57 Å². The first-order valence-electron chi connectivity index (χ1n) is 7.93. The lowest BCUT2D eigenvalue weighted by molar-refractivity contribution is -0.163. The molecule has 0 N–H and O–H groups in total. The molecule has 3 aliphatic rings. The van der Waals surface area contributed by atoms with Gasteiger partial charge in [-0.05, 0) is 75.5 Å². The summed E-state index contributed by atoms with van der Waals surface area (Å²) in [7, 11) is 0. The molecule has 0 aromatic rings. The molecule has 3 saturated carbocycles. The summed E-state index contributed by atoms with van der Waals surface area (Å²) in [6, 6.07) is 0. The molecule has 5 unspecified atom stereocenters. The topological polar surface area (TPSA) is 26.3 Å². The number of esters is 1. The number of carbonyl (C=O) groups is 1. The number of hydrogen-bond acceptors (Lipinski definition) is 2. The zero-order valence-corrected chi connectivity index (χ0v) is 12.3. The molecule has 0 aromatic heterocycles. The molecule has 0 amide bonds. The minimum absolute atomic E-state index is 0.191. The van der Waals surface area contributed by atoms with Gasteiger partial charge < -0.3 is 4.74 Å². The van der Waals surface area contributed by atoms with Crippen LogP contribution in [0.15, 0.2) is 12.2 Å². The summed E-state index contributed by atoms with van der Waals surface area (Å²) in [4.78, 5) is 11.9. The highest BCUT2D eigenvalue weighted by Gasteiger charge is 2.53. The second-order valence-electron chi connectivity index (χ2n) is 7.11. The van der Waals surface area contributed by atoms with Crippen molar-refractivity contribution in [1.29, 1.82) is 0 Å². The van der Waals surface area contributed by atoms with E-state index in [9.17, 15) is 4.79 Å². The summed E-state index contributed by atoms with van der Waals surface area (Å²) in [5.74, 6) is 3.47. The molecule has 3 fully saturated rings. The maximum Gasteiger partial charge on any atom is 0.333 e. The highest BCUT2D eigenvalue weighted by Crippen LogP contribution is 2.59. The monoisotopic (exact) mass is 262 g/mol. The van der Waals surface area contributed by atoms with Crippen LogP contribution >= 0.6 is 0 Å². The van der Waals surface area contributed by atoms with Crippen LogP contribution in [-0.4, -0.2) is 11.6 Å². The van der Waals surface area contributed by atoms with Gasteiger partial charge in [0.2, 0.25) is 0 Å². The second-order valence-corrected chi connectivity index (χ2v) is 7.11. The third-order valence-electron chi connectivity index (χ3n) is 6.12. The Labute approximate surface area is 116 Å². The normalized spacial score (nSPS) is 43.9. The van der Waals surface area contributed by atoms with Crippen molar-refractivity contribution in [2.75, 3.05) is 0 Å². The molecular weight excluding hydrogens is 236 g/mol. The lowest BCUT2D eigenvalue weighted by atomic mass is 9.65. The molecule has 3 rings (SSSR count). The molecule has 2 bridgehead atoms. The minimum Gasteiger partial charge on any atom is -0.456 e. The number of rotatable bonds is 3. The van der Waals surface area contributed by atoms with E-state index in [1.54, 1.807) is 6.92 Å². The van der Waals surface area contributed by atoms with Gasteiger partial charge >= 0.3 is 5.97 Å². The van der Waals surface area contributed by atoms with Crippen LogP contribution in [0.4, 0.5) is 0 Å². The molecule has 19 heavy (non-hydrogen) atoms. The van der Waals surface area contributed by atoms with Crippen LogP contribution in [0.25, 0.3) is 0 Å². The SMILES string of the molecule is C=C(C)C(=O)OC1(CC)CCC2C3CCC(C3)C2C1. The zero-order valence-electron chi connectivity index (χ0n) is 12.3. The third kappa shape index (κ3) is 2.13. The number of hydrogen-bond donors (Lipinski definition) is 0. The highest BCUT2D eigenvalue weighted by atomic mass is 16.6. The molecule has 0 heterocycles. The van der Waals surface area contributed by atoms with E-state index in [2.05, 4.69) is 13.5 Å². The van der Waals surface area contributed by atoms with E-state index in [0.29, 0.717) is 5.57 Å². The summed E-state index contributed by atoms with van der Waals surface area (Å²) >= 11 is 0. The van der Waals surface area contributed by atoms with Gasteiger partial charge in [0.15, 0.2) is 0 Å². The first-order chi connectivity index (χ1) is 9.04. The Morgan fingerprint density at radius 1 is 1.26 bits per heavy atom. The van der Waals surface area contributed by atoms with Crippen molar-refractivity contribution in [3.8, 4) is 0 Å². The fraction of sp³-hybridized carbons (Fsp3) is 0.824. The van der Waals surface area contributed by atoms with E-state index >= 15 is 0 Å². The molecule has 0 radical (unpaired) electrons. The van der Waals surface area contributed by atoms with Crippen LogP contribution in [-0.2, 0) is 9.53 Å². The molecule has 0 aromatic carbocycles. The maximum absolute atomic E-state index is 11.9. The average molecular weight is 262 g/mol. The van der Waals surface area contributed by atoms with Gasteiger partial charge in [-0.15, -0.1) is 0 Å². The van der Waals surface area contributed by atoms with E-state index in [0.717, 1.165) is 42.9 Å². The van der Waals surface area contributed by atoms with Gasteiger partial charge in [-0.3, -0.25) is 0 Å². The number of ether oxygens (including phenoxy) is 1. The predicted octanol–water partition coefficient (Wildman–Crippen LogP) is 4.10. The van der Waals surface area contributed by atoms with Crippen molar-refractivity contribution in [3.63, 3.8) is 0 Å². The van der Waals surface area contributed by atoms with Crippen molar-refractivity contribution in [2.24, 2.45) is 23.7 Å². The Hall–Kier alpha value is -0.790. The zero-order chi connectivity index (χ0) is 13.6. The lowest BCUT2D eigenvalue weighted by Gasteiger charge is -2.45. The lowest BCUT2D eigenvalue weighted by Crippen LogP contribution is -2.44. The first kappa shape index (κ1) is 13.2. The first-order valence-corrected chi connectivity index (χ1v) is 7.93. The van der Waals surface area contributed by atoms with E-state index in [4.69, 9.17) is 4.74 Å². The van der Waals surface area contributed by atoms with Gasteiger partial charge in [0.1, 0.15) is 5.60 Å². The Morgan fingerprint density at radius 3 is 2.58 bits per heavy atom. The van der Waals surface area contributed by atoms with Crippen LogP contribution in [0.3, 0.4) is 0 Å². The van der Waals surface area contributed by atoms with Crippen LogP contribution in [0.1, 0.15) is 58.8 Å².